The molecule has 0 bridgehead atoms. The molecule has 4 aromatic rings. The second-order valence-electron chi connectivity index (χ2n) is 7.18. The van der Waals surface area contributed by atoms with Crippen LogP contribution >= 0.6 is 0 Å². The van der Waals surface area contributed by atoms with E-state index in [2.05, 4.69) is 96.2 Å². The fourth-order valence-corrected chi connectivity index (χ4v) is 4.05. The van der Waals surface area contributed by atoms with Gasteiger partial charge in [0.1, 0.15) is 11.8 Å². The summed E-state index contributed by atoms with van der Waals surface area (Å²) in [5, 5.41) is 2.42. The standard InChI is InChI=1S/C23H22N4/c1-16-11-12-19-20-10-7-13-24-23(20)27(18-8-5-4-6-9-18)22(19)21(16)26-15-14-25(3)17(26)2/h4-15,17H,1-3H3/t17-/m0/s1. The number of benzene rings is 2. The van der Waals surface area contributed by atoms with E-state index in [0.29, 0.717) is 0 Å². The number of aryl methyl sites for hydroxylation is 1. The average molecular weight is 354 g/mol. The Balaban J connectivity index is 1.94. The molecule has 5 rings (SSSR count). The Morgan fingerprint density at radius 3 is 2.44 bits per heavy atom. The lowest BCUT2D eigenvalue weighted by Crippen LogP contribution is -2.34. The van der Waals surface area contributed by atoms with Crippen molar-refractivity contribution in [3.63, 3.8) is 0 Å². The van der Waals surface area contributed by atoms with Gasteiger partial charge in [-0.1, -0.05) is 30.3 Å². The third kappa shape index (κ3) is 2.26. The van der Waals surface area contributed by atoms with Crippen LogP contribution < -0.4 is 4.90 Å². The SMILES string of the molecule is Cc1ccc2c3cccnc3n(-c3ccccc3)c2c1N1C=CN(C)[C@@H]1C. The van der Waals surface area contributed by atoms with Gasteiger partial charge >= 0.3 is 0 Å². The molecule has 1 aliphatic heterocycles. The fraction of sp³-hybridized carbons (Fsp3) is 0.174. The first kappa shape index (κ1) is 15.9. The average Bonchev–Trinajstić information content (AvgIpc) is 3.20. The maximum absolute atomic E-state index is 4.74. The van der Waals surface area contributed by atoms with Crippen molar-refractivity contribution < 1.29 is 0 Å². The Bertz CT molecular complexity index is 1170. The summed E-state index contributed by atoms with van der Waals surface area (Å²) < 4.78 is 2.30. The van der Waals surface area contributed by atoms with Crippen LogP contribution in [-0.2, 0) is 0 Å². The van der Waals surface area contributed by atoms with Crippen molar-refractivity contribution in [2.75, 3.05) is 11.9 Å². The van der Waals surface area contributed by atoms with Crippen molar-refractivity contribution in [3.8, 4) is 5.69 Å². The number of rotatable bonds is 2. The summed E-state index contributed by atoms with van der Waals surface area (Å²) in [7, 11) is 2.12. The van der Waals surface area contributed by atoms with Crippen LogP contribution in [0.15, 0.2) is 73.2 Å². The molecule has 0 fully saturated rings. The van der Waals surface area contributed by atoms with Crippen molar-refractivity contribution in [3.05, 3.63) is 78.8 Å². The lowest BCUT2D eigenvalue weighted by atomic mass is 10.1. The third-order valence-electron chi connectivity index (χ3n) is 5.59. The van der Waals surface area contributed by atoms with E-state index < -0.39 is 0 Å². The summed E-state index contributed by atoms with van der Waals surface area (Å²) in [5.41, 5.74) is 5.83. The van der Waals surface area contributed by atoms with E-state index in [1.54, 1.807) is 0 Å². The molecule has 2 aromatic carbocycles. The van der Waals surface area contributed by atoms with Gasteiger partial charge in [0, 0.05) is 42.1 Å². The zero-order valence-electron chi connectivity index (χ0n) is 15.8. The monoisotopic (exact) mass is 354 g/mol. The maximum atomic E-state index is 4.74. The van der Waals surface area contributed by atoms with Gasteiger partial charge in [-0.15, -0.1) is 0 Å². The summed E-state index contributed by atoms with van der Waals surface area (Å²) >= 11 is 0. The van der Waals surface area contributed by atoms with Crippen molar-refractivity contribution in [2.45, 2.75) is 20.0 Å². The van der Waals surface area contributed by atoms with Crippen LogP contribution in [0.2, 0.25) is 0 Å². The Morgan fingerprint density at radius 2 is 1.70 bits per heavy atom. The highest BCUT2D eigenvalue weighted by Gasteiger charge is 2.26. The topological polar surface area (TPSA) is 24.3 Å². The molecule has 2 aromatic heterocycles. The molecule has 0 radical (unpaired) electrons. The number of fused-ring (bicyclic) bond motifs is 3. The van der Waals surface area contributed by atoms with Crippen LogP contribution in [0.25, 0.3) is 27.6 Å². The van der Waals surface area contributed by atoms with Gasteiger partial charge < -0.3 is 9.80 Å². The van der Waals surface area contributed by atoms with Gasteiger partial charge in [0.25, 0.3) is 0 Å². The number of para-hydroxylation sites is 1. The van der Waals surface area contributed by atoms with Gasteiger partial charge in [-0.3, -0.25) is 4.57 Å². The first-order valence-corrected chi connectivity index (χ1v) is 9.29. The van der Waals surface area contributed by atoms with E-state index in [1.165, 1.54) is 27.5 Å². The molecule has 0 N–H and O–H groups in total. The minimum absolute atomic E-state index is 0.268. The summed E-state index contributed by atoms with van der Waals surface area (Å²) in [6.45, 7) is 4.42. The van der Waals surface area contributed by atoms with E-state index in [9.17, 15) is 0 Å². The van der Waals surface area contributed by atoms with Crippen LogP contribution in [0.1, 0.15) is 12.5 Å². The molecule has 134 valence electrons. The van der Waals surface area contributed by atoms with Gasteiger partial charge in [0.05, 0.1) is 11.2 Å². The largest absolute Gasteiger partial charge is 0.359 e. The predicted molar refractivity (Wildman–Crippen MR) is 112 cm³/mol. The maximum Gasteiger partial charge on any atom is 0.145 e. The Kier molecular flexibility index (Phi) is 3.47. The minimum Gasteiger partial charge on any atom is -0.359 e. The number of aromatic nitrogens is 2. The fourth-order valence-electron chi connectivity index (χ4n) is 4.05. The molecular weight excluding hydrogens is 332 g/mol. The molecule has 0 amide bonds. The van der Waals surface area contributed by atoms with E-state index >= 15 is 0 Å². The van der Waals surface area contributed by atoms with Crippen LogP contribution in [0.5, 0.6) is 0 Å². The van der Waals surface area contributed by atoms with Gasteiger partial charge in [-0.05, 0) is 43.7 Å². The molecule has 0 aliphatic carbocycles. The predicted octanol–water partition coefficient (Wildman–Crippen LogP) is 5.06. The normalized spacial score (nSPS) is 16.8. The Morgan fingerprint density at radius 1 is 0.889 bits per heavy atom. The zero-order valence-corrected chi connectivity index (χ0v) is 15.8. The minimum atomic E-state index is 0.268. The summed E-state index contributed by atoms with van der Waals surface area (Å²) in [5.74, 6) is 0. The van der Waals surface area contributed by atoms with Crippen molar-refractivity contribution in [1.29, 1.82) is 0 Å². The van der Waals surface area contributed by atoms with E-state index in [1.807, 2.05) is 12.3 Å². The van der Waals surface area contributed by atoms with Gasteiger partial charge in [0.2, 0.25) is 0 Å². The summed E-state index contributed by atoms with van der Waals surface area (Å²) in [6.07, 6.45) is 6.45. The van der Waals surface area contributed by atoms with E-state index in [4.69, 9.17) is 4.98 Å². The molecular formula is C23H22N4. The molecule has 27 heavy (non-hydrogen) atoms. The quantitative estimate of drug-likeness (QED) is 0.503. The van der Waals surface area contributed by atoms with Crippen LogP contribution in [-0.4, -0.2) is 27.7 Å². The van der Waals surface area contributed by atoms with Crippen LogP contribution in [0.3, 0.4) is 0 Å². The van der Waals surface area contributed by atoms with Gasteiger partial charge in [-0.25, -0.2) is 4.98 Å². The molecule has 0 saturated carbocycles. The smallest absolute Gasteiger partial charge is 0.145 e. The summed E-state index contributed by atoms with van der Waals surface area (Å²) in [6, 6.07) is 19.1. The second kappa shape index (κ2) is 5.88. The molecule has 3 heterocycles. The molecule has 1 atom stereocenters. The summed E-state index contributed by atoms with van der Waals surface area (Å²) in [4.78, 5) is 9.33. The third-order valence-corrected chi connectivity index (χ3v) is 5.59. The van der Waals surface area contributed by atoms with Crippen LogP contribution in [0.4, 0.5) is 5.69 Å². The van der Waals surface area contributed by atoms with Crippen molar-refractivity contribution in [2.24, 2.45) is 0 Å². The first-order valence-electron chi connectivity index (χ1n) is 9.29. The van der Waals surface area contributed by atoms with Crippen molar-refractivity contribution in [1.82, 2.24) is 14.5 Å². The molecule has 4 heteroatoms. The number of hydrogen-bond acceptors (Lipinski definition) is 3. The van der Waals surface area contributed by atoms with Gasteiger partial charge in [-0.2, -0.15) is 0 Å². The lowest BCUT2D eigenvalue weighted by Gasteiger charge is -2.29. The molecule has 0 saturated heterocycles. The number of nitrogens with zero attached hydrogens (tertiary/aromatic N) is 4. The second-order valence-corrected chi connectivity index (χ2v) is 7.18. The molecule has 1 aliphatic rings. The zero-order chi connectivity index (χ0) is 18.5. The highest BCUT2D eigenvalue weighted by Crippen LogP contribution is 2.40. The van der Waals surface area contributed by atoms with Crippen LogP contribution in [0, 0.1) is 6.92 Å². The number of anilines is 1. The number of hydrogen-bond donors (Lipinski definition) is 0. The molecule has 4 nitrogen and oxygen atoms in total. The first-order chi connectivity index (χ1) is 13.2. The molecule has 0 unspecified atom stereocenters. The lowest BCUT2D eigenvalue weighted by molar-refractivity contribution is 0.383. The van der Waals surface area contributed by atoms with E-state index in [-0.39, 0.29) is 6.17 Å². The molecule has 0 spiro atoms. The number of pyridine rings is 1. The van der Waals surface area contributed by atoms with Crippen molar-refractivity contribution >= 4 is 27.6 Å². The highest BCUT2D eigenvalue weighted by molar-refractivity contribution is 6.12. The Hall–Kier alpha value is -3.27. The van der Waals surface area contributed by atoms with Gasteiger partial charge in [0.15, 0.2) is 0 Å². The highest BCUT2D eigenvalue weighted by atomic mass is 15.4. The Labute approximate surface area is 159 Å². The van der Waals surface area contributed by atoms with E-state index in [0.717, 1.165) is 11.3 Å².